The van der Waals surface area contributed by atoms with E-state index in [1.807, 2.05) is 11.0 Å². The van der Waals surface area contributed by atoms with Crippen LogP contribution in [0.2, 0.25) is 0 Å². The topological polar surface area (TPSA) is 61.4 Å². The highest BCUT2D eigenvalue weighted by Gasteiger charge is 2.13. The lowest BCUT2D eigenvalue weighted by molar-refractivity contribution is -0.127. The summed E-state index contributed by atoms with van der Waals surface area (Å²) in [4.78, 5) is 23.8. The Morgan fingerprint density at radius 1 is 1.44 bits per heavy atom. The SMILES string of the molecule is CCCN(CC(=O)N(C)C)c1ccnc(NC)n1. The minimum atomic E-state index is 0.0630. The molecule has 0 spiro atoms. The second-order valence-corrected chi connectivity index (χ2v) is 4.20. The first kappa shape index (κ1) is 14.2. The molecule has 1 heterocycles. The molecule has 1 amide bonds. The first-order valence-corrected chi connectivity index (χ1v) is 6.04. The monoisotopic (exact) mass is 251 g/mol. The molecule has 100 valence electrons. The lowest BCUT2D eigenvalue weighted by atomic mass is 10.3. The molecule has 1 rings (SSSR count). The Labute approximate surface area is 108 Å². The number of nitrogens with one attached hydrogen (secondary N) is 1. The Morgan fingerprint density at radius 3 is 2.72 bits per heavy atom. The van der Waals surface area contributed by atoms with Crippen molar-refractivity contribution >= 4 is 17.7 Å². The third kappa shape index (κ3) is 3.87. The third-order valence-corrected chi connectivity index (χ3v) is 2.51. The molecular formula is C12H21N5O. The standard InChI is InChI=1S/C12H21N5O/c1-5-8-17(9-11(18)16(3)4)10-6-7-14-12(13-2)15-10/h6-7H,5,8-9H2,1-4H3,(H,13,14,15). The van der Waals surface area contributed by atoms with Crippen LogP contribution in [-0.2, 0) is 4.79 Å². The Kier molecular flexibility index (Phi) is 5.35. The van der Waals surface area contributed by atoms with Crippen molar-refractivity contribution in [2.45, 2.75) is 13.3 Å². The normalized spacial score (nSPS) is 10.0. The van der Waals surface area contributed by atoms with Gasteiger partial charge in [0.15, 0.2) is 0 Å². The number of nitrogens with zero attached hydrogens (tertiary/aromatic N) is 4. The highest BCUT2D eigenvalue weighted by Crippen LogP contribution is 2.12. The summed E-state index contributed by atoms with van der Waals surface area (Å²) in [5.41, 5.74) is 0. The van der Waals surface area contributed by atoms with Gasteiger partial charge in [0.2, 0.25) is 11.9 Å². The van der Waals surface area contributed by atoms with Gasteiger partial charge in [-0.15, -0.1) is 0 Å². The van der Waals surface area contributed by atoms with E-state index in [4.69, 9.17) is 0 Å². The number of hydrogen-bond acceptors (Lipinski definition) is 5. The van der Waals surface area contributed by atoms with Crippen molar-refractivity contribution in [2.24, 2.45) is 0 Å². The van der Waals surface area contributed by atoms with Crippen molar-refractivity contribution in [2.75, 3.05) is 44.4 Å². The molecule has 0 bridgehead atoms. The Bertz CT molecular complexity index is 394. The summed E-state index contributed by atoms with van der Waals surface area (Å²) >= 11 is 0. The molecule has 0 fully saturated rings. The van der Waals surface area contributed by atoms with Crippen LogP contribution in [0.1, 0.15) is 13.3 Å². The van der Waals surface area contributed by atoms with E-state index >= 15 is 0 Å². The number of amides is 1. The number of aromatic nitrogens is 2. The van der Waals surface area contributed by atoms with Crippen molar-refractivity contribution in [1.82, 2.24) is 14.9 Å². The molecule has 0 atom stereocenters. The van der Waals surface area contributed by atoms with Gasteiger partial charge < -0.3 is 15.1 Å². The molecule has 0 aromatic carbocycles. The molecule has 6 nitrogen and oxygen atoms in total. The smallest absolute Gasteiger partial charge is 0.241 e. The van der Waals surface area contributed by atoms with Crippen LogP contribution in [0.4, 0.5) is 11.8 Å². The third-order valence-electron chi connectivity index (χ3n) is 2.51. The van der Waals surface area contributed by atoms with Crippen molar-refractivity contribution in [1.29, 1.82) is 0 Å². The van der Waals surface area contributed by atoms with Gasteiger partial charge in [-0.3, -0.25) is 4.79 Å². The molecule has 0 unspecified atom stereocenters. The zero-order valence-electron chi connectivity index (χ0n) is 11.5. The van der Waals surface area contributed by atoms with Crippen LogP contribution in [0.5, 0.6) is 0 Å². The summed E-state index contributed by atoms with van der Waals surface area (Å²) < 4.78 is 0. The number of hydrogen-bond donors (Lipinski definition) is 1. The van der Waals surface area contributed by atoms with E-state index in [-0.39, 0.29) is 5.91 Å². The fraction of sp³-hybridized carbons (Fsp3) is 0.583. The van der Waals surface area contributed by atoms with E-state index in [2.05, 4.69) is 22.2 Å². The molecule has 0 aliphatic carbocycles. The maximum atomic E-state index is 11.8. The first-order chi connectivity index (χ1) is 8.58. The van der Waals surface area contributed by atoms with Crippen LogP contribution in [0.15, 0.2) is 12.3 Å². The fourth-order valence-corrected chi connectivity index (χ4v) is 1.49. The lowest BCUT2D eigenvalue weighted by Gasteiger charge is -2.24. The molecule has 0 radical (unpaired) electrons. The number of anilines is 2. The number of carbonyl (C=O) groups is 1. The summed E-state index contributed by atoms with van der Waals surface area (Å²) in [6.07, 6.45) is 2.65. The largest absolute Gasteiger partial charge is 0.357 e. The number of rotatable bonds is 6. The molecule has 1 aromatic rings. The summed E-state index contributed by atoms with van der Waals surface area (Å²) in [5.74, 6) is 1.39. The molecular weight excluding hydrogens is 230 g/mol. The van der Waals surface area contributed by atoms with Gasteiger partial charge >= 0.3 is 0 Å². The number of likely N-dealkylation sites (N-methyl/N-ethyl adjacent to an activating group) is 1. The molecule has 18 heavy (non-hydrogen) atoms. The van der Waals surface area contributed by atoms with Gasteiger partial charge in [-0.05, 0) is 12.5 Å². The van der Waals surface area contributed by atoms with E-state index in [9.17, 15) is 4.79 Å². The second-order valence-electron chi connectivity index (χ2n) is 4.20. The van der Waals surface area contributed by atoms with Gasteiger partial charge in [-0.25, -0.2) is 4.98 Å². The van der Waals surface area contributed by atoms with Crippen molar-refractivity contribution < 1.29 is 4.79 Å². The van der Waals surface area contributed by atoms with Crippen molar-refractivity contribution in [3.63, 3.8) is 0 Å². The van der Waals surface area contributed by atoms with E-state index < -0.39 is 0 Å². The summed E-state index contributed by atoms with van der Waals surface area (Å²) in [6, 6.07) is 1.82. The maximum absolute atomic E-state index is 11.8. The molecule has 0 aliphatic rings. The van der Waals surface area contributed by atoms with Gasteiger partial charge in [-0.2, -0.15) is 4.98 Å². The molecule has 6 heteroatoms. The minimum absolute atomic E-state index is 0.0630. The number of carbonyl (C=O) groups excluding carboxylic acids is 1. The molecule has 1 aromatic heterocycles. The van der Waals surface area contributed by atoms with Crippen LogP contribution in [0, 0.1) is 0 Å². The fourth-order valence-electron chi connectivity index (χ4n) is 1.49. The Hall–Kier alpha value is -1.85. The van der Waals surface area contributed by atoms with Crippen LogP contribution in [0.25, 0.3) is 0 Å². The summed E-state index contributed by atoms with van der Waals surface area (Å²) in [7, 11) is 5.28. The van der Waals surface area contributed by atoms with Crippen molar-refractivity contribution in [3.05, 3.63) is 12.3 Å². The Morgan fingerprint density at radius 2 is 2.17 bits per heavy atom. The highest BCUT2D eigenvalue weighted by molar-refractivity contribution is 5.80. The van der Waals surface area contributed by atoms with Crippen LogP contribution >= 0.6 is 0 Å². The first-order valence-electron chi connectivity index (χ1n) is 6.04. The highest BCUT2D eigenvalue weighted by atomic mass is 16.2. The summed E-state index contributed by atoms with van der Waals surface area (Å²) in [5, 5.41) is 2.90. The molecule has 1 N–H and O–H groups in total. The van der Waals surface area contributed by atoms with Crippen LogP contribution in [-0.4, -0.2) is 55.0 Å². The van der Waals surface area contributed by atoms with E-state index in [1.54, 1.807) is 32.2 Å². The van der Waals surface area contributed by atoms with Crippen LogP contribution < -0.4 is 10.2 Å². The molecule has 0 aliphatic heterocycles. The van der Waals surface area contributed by atoms with Gasteiger partial charge in [0, 0.05) is 33.9 Å². The van der Waals surface area contributed by atoms with E-state index in [0.717, 1.165) is 18.8 Å². The predicted octanol–water partition coefficient (Wildman–Crippen LogP) is 0.823. The van der Waals surface area contributed by atoms with Crippen molar-refractivity contribution in [3.8, 4) is 0 Å². The second kappa shape index (κ2) is 6.78. The van der Waals surface area contributed by atoms with E-state index in [1.165, 1.54) is 0 Å². The average Bonchev–Trinajstić information content (AvgIpc) is 2.38. The van der Waals surface area contributed by atoms with Gasteiger partial charge in [0.25, 0.3) is 0 Å². The zero-order chi connectivity index (χ0) is 13.5. The minimum Gasteiger partial charge on any atom is -0.357 e. The quantitative estimate of drug-likeness (QED) is 0.811. The maximum Gasteiger partial charge on any atom is 0.241 e. The van der Waals surface area contributed by atoms with E-state index in [0.29, 0.717) is 12.5 Å². The predicted molar refractivity (Wildman–Crippen MR) is 72.8 cm³/mol. The van der Waals surface area contributed by atoms with Gasteiger partial charge in [0.1, 0.15) is 5.82 Å². The van der Waals surface area contributed by atoms with Gasteiger partial charge in [0.05, 0.1) is 6.54 Å². The summed E-state index contributed by atoms with van der Waals surface area (Å²) in [6.45, 7) is 3.20. The van der Waals surface area contributed by atoms with Gasteiger partial charge in [-0.1, -0.05) is 6.92 Å². The average molecular weight is 251 g/mol. The molecule has 0 saturated heterocycles. The zero-order valence-corrected chi connectivity index (χ0v) is 11.5. The lowest BCUT2D eigenvalue weighted by Crippen LogP contribution is -2.37. The van der Waals surface area contributed by atoms with Crippen LogP contribution in [0.3, 0.4) is 0 Å². The Balaban J connectivity index is 2.85. The molecule has 0 saturated carbocycles.